The lowest BCUT2D eigenvalue weighted by Crippen LogP contribution is -2.43. The van der Waals surface area contributed by atoms with Crippen molar-refractivity contribution in [1.82, 2.24) is 15.2 Å². The Hall–Kier alpha value is -3.75. The van der Waals surface area contributed by atoms with Crippen LogP contribution in [-0.2, 0) is 14.4 Å². The Morgan fingerprint density at radius 2 is 1.85 bits per heavy atom. The van der Waals surface area contributed by atoms with Crippen LogP contribution in [0, 0.1) is 5.92 Å². The second kappa shape index (κ2) is 10.2. The molecule has 2 aromatic rings. The molecule has 172 valence electrons. The Kier molecular flexibility index (Phi) is 6.97. The maximum Gasteiger partial charge on any atom is 0.313 e. The van der Waals surface area contributed by atoms with Gasteiger partial charge in [-0.1, -0.05) is 6.07 Å². The average Bonchev–Trinajstić information content (AvgIpc) is 3.29. The van der Waals surface area contributed by atoms with Crippen molar-refractivity contribution >= 4 is 35.0 Å². The second-order valence-electron chi connectivity index (χ2n) is 8.34. The smallest absolute Gasteiger partial charge is 0.313 e. The van der Waals surface area contributed by atoms with Gasteiger partial charge in [-0.15, -0.1) is 0 Å². The number of nitrogens with zero attached hydrogens (tertiary/aromatic N) is 3. The molecule has 33 heavy (non-hydrogen) atoms. The maximum atomic E-state index is 12.5. The van der Waals surface area contributed by atoms with Gasteiger partial charge in [-0.2, -0.15) is 0 Å². The fraction of sp³-hybridized carbons (Fsp3) is 0.375. The Morgan fingerprint density at radius 1 is 1.03 bits per heavy atom. The van der Waals surface area contributed by atoms with Crippen molar-refractivity contribution < 1.29 is 19.2 Å². The molecule has 3 heterocycles. The van der Waals surface area contributed by atoms with Gasteiger partial charge >= 0.3 is 11.8 Å². The summed E-state index contributed by atoms with van der Waals surface area (Å²) in [6, 6.07) is 10.4. The summed E-state index contributed by atoms with van der Waals surface area (Å²) in [5, 5.41) is 5.30. The minimum atomic E-state index is -0.746. The number of nitrogens with one attached hydrogen (secondary N) is 2. The highest BCUT2D eigenvalue weighted by atomic mass is 16.2. The van der Waals surface area contributed by atoms with Crippen molar-refractivity contribution in [2.45, 2.75) is 25.7 Å². The van der Waals surface area contributed by atoms with E-state index < -0.39 is 11.8 Å². The van der Waals surface area contributed by atoms with Gasteiger partial charge in [0, 0.05) is 56.4 Å². The molecule has 0 bridgehead atoms. The Morgan fingerprint density at radius 3 is 2.55 bits per heavy atom. The predicted octanol–water partition coefficient (Wildman–Crippen LogP) is 1.82. The quantitative estimate of drug-likeness (QED) is 0.677. The zero-order valence-corrected chi connectivity index (χ0v) is 18.3. The second-order valence-corrected chi connectivity index (χ2v) is 8.34. The Labute approximate surface area is 192 Å². The monoisotopic (exact) mass is 449 g/mol. The molecule has 2 N–H and O–H groups in total. The number of hydrogen-bond acceptors (Lipinski definition) is 5. The van der Waals surface area contributed by atoms with Gasteiger partial charge in [-0.3, -0.25) is 24.2 Å². The number of carbonyl (C=O) groups is 4. The highest BCUT2D eigenvalue weighted by molar-refractivity contribution is 6.39. The van der Waals surface area contributed by atoms with E-state index in [2.05, 4.69) is 15.6 Å². The number of amides is 4. The molecule has 2 aliphatic heterocycles. The van der Waals surface area contributed by atoms with Gasteiger partial charge in [0.05, 0.1) is 5.56 Å². The third kappa shape index (κ3) is 5.54. The van der Waals surface area contributed by atoms with E-state index in [-0.39, 0.29) is 17.7 Å². The van der Waals surface area contributed by atoms with E-state index >= 15 is 0 Å². The first-order valence-corrected chi connectivity index (χ1v) is 11.2. The van der Waals surface area contributed by atoms with E-state index in [0.717, 1.165) is 19.3 Å². The van der Waals surface area contributed by atoms with Gasteiger partial charge in [0.25, 0.3) is 5.91 Å². The van der Waals surface area contributed by atoms with Crippen molar-refractivity contribution in [3.05, 3.63) is 54.4 Å². The van der Waals surface area contributed by atoms with E-state index in [9.17, 15) is 19.2 Å². The van der Waals surface area contributed by atoms with Gasteiger partial charge in [0.1, 0.15) is 0 Å². The van der Waals surface area contributed by atoms with Crippen LogP contribution in [0.3, 0.4) is 0 Å². The molecular formula is C24H27N5O4. The van der Waals surface area contributed by atoms with Gasteiger partial charge in [-0.25, -0.2) is 0 Å². The molecule has 0 radical (unpaired) electrons. The van der Waals surface area contributed by atoms with Crippen LogP contribution in [0.1, 0.15) is 36.0 Å². The van der Waals surface area contributed by atoms with Crippen molar-refractivity contribution in [2.75, 3.05) is 36.4 Å². The first kappa shape index (κ1) is 22.4. The van der Waals surface area contributed by atoms with E-state index in [0.29, 0.717) is 49.5 Å². The van der Waals surface area contributed by atoms with Crippen LogP contribution in [0.15, 0.2) is 48.8 Å². The summed E-state index contributed by atoms with van der Waals surface area (Å²) in [7, 11) is 0. The minimum Gasteiger partial charge on any atom is -0.348 e. The lowest BCUT2D eigenvalue weighted by molar-refractivity contribution is -0.136. The van der Waals surface area contributed by atoms with Crippen molar-refractivity contribution in [2.24, 2.45) is 5.92 Å². The molecule has 0 saturated carbocycles. The number of carbonyl (C=O) groups excluding carboxylic acids is 4. The molecule has 0 aliphatic carbocycles. The highest BCUT2D eigenvalue weighted by Crippen LogP contribution is 2.24. The molecule has 4 rings (SSSR count). The number of pyridine rings is 1. The fourth-order valence-electron chi connectivity index (χ4n) is 4.19. The van der Waals surface area contributed by atoms with E-state index in [1.165, 1.54) is 0 Å². The third-order valence-electron chi connectivity index (χ3n) is 6.06. The van der Waals surface area contributed by atoms with Crippen molar-refractivity contribution in [1.29, 1.82) is 0 Å². The zero-order valence-electron chi connectivity index (χ0n) is 18.3. The zero-order chi connectivity index (χ0) is 23.2. The lowest BCUT2D eigenvalue weighted by atomic mass is 9.96. The van der Waals surface area contributed by atoms with Gasteiger partial charge < -0.3 is 20.4 Å². The molecule has 0 atom stereocenters. The molecule has 2 aliphatic rings. The number of aromatic nitrogens is 1. The largest absolute Gasteiger partial charge is 0.348 e. The number of piperidine rings is 1. The summed E-state index contributed by atoms with van der Waals surface area (Å²) >= 11 is 0. The van der Waals surface area contributed by atoms with Crippen LogP contribution in [0.4, 0.5) is 11.4 Å². The molecule has 1 aromatic heterocycles. The standard InChI is InChI=1S/C24H27N5O4/c30-21-7-3-11-29(21)20-6-1-5-19(14-20)27-23(32)22(31)26-15-17-8-12-28(13-9-17)24(33)18-4-2-10-25-16-18/h1-2,4-6,10,14,16-17H,3,7-9,11-13,15H2,(H,26,31)(H,27,32). The average molecular weight is 450 g/mol. The normalized spacial score (nSPS) is 16.5. The summed E-state index contributed by atoms with van der Waals surface area (Å²) in [4.78, 5) is 56.5. The highest BCUT2D eigenvalue weighted by Gasteiger charge is 2.25. The van der Waals surface area contributed by atoms with Gasteiger partial charge in [0.15, 0.2) is 0 Å². The van der Waals surface area contributed by atoms with E-state index in [1.54, 1.807) is 52.5 Å². The van der Waals surface area contributed by atoms with Crippen LogP contribution >= 0.6 is 0 Å². The number of likely N-dealkylation sites (tertiary alicyclic amines) is 1. The summed E-state index contributed by atoms with van der Waals surface area (Å²) in [5.74, 6) is -1.23. The molecule has 2 fully saturated rings. The molecule has 1 aromatic carbocycles. The first-order valence-electron chi connectivity index (χ1n) is 11.2. The lowest BCUT2D eigenvalue weighted by Gasteiger charge is -2.32. The Bertz CT molecular complexity index is 1030. The summed E-state index contributed by atoms with van der Waals surface area (Å²) in [5.41, 5.74) is 1.75. The van der Waals surface area contributed by atoms with Gasteiger partial charge in [0.2, 0.25) is 5.91 Å². The molecule has 2 saturated heterocycles. The van der Waals surface area contributed by atoms with Crippen molar-refractivity contribution in [3.8, 4) is 0 Å². The number of hydrogen-bond donors (Lipinski definition) is 2. The van der Waals surface area contributed by atoms with E-state index in [4.69, 9.17) is 0 Å². The molecule has 0 unspecified atom stereocenters. The fourth-order valence-corrected chi connectivity index (χ4v) is 4.19. The van der Waals surface area contributed by atoms with Gasteiger partial charge in [-0.05, 0) is 55.5 Å². The van der Waals surface area contributed by atoms with Crippen LogP contribution in [-0.4, -0.2) is 59.7 Å². The van der Waals surface area contributed by atoms with Crippen LogP contribution in [0.25, 0.3) is 0 Å². The maximum absolute atomic E-state index is 12.5. The molecule has 9 nitrogen and oxygen atoms in total. The SMILES string of the molecule is O=C(NCC1CCN(C(=O)c2cccnc2)CC1)C(=O)Nc1cccc(N2CCCC2=O)c1. The molecule has 4 amide bonds. The molecular weight excluding hydrogens is 422 g/mol. The van der Waals surface area contributed by atoms with Crippen LogP contribution in [0.2, 0.25) is 0 Å². The van der Waals surface area contributed by atoms with E-state index in [1.807, 2.05) is 6.07 Å². The predicted molar refractivity (Wildman–Crippen MR) is 123 cm³/mol. The number of rotatable bonds is 5. The summed E-state index contributed by atoms with van der Waals surface area (Å²) < 4.78 is 0. The minimum absolute atomic E-state index is 0.0391. The topological polar surface area (TPSA) is 112 Å². The molecule has 9 heteroatoms. The first-order chi connectivity index (χ1) is 16.0. The van der Waals surface area contributed by atoms with Crippen LogP contribution < -0.4 is 15.5 Å². The number of anilines is 2. The Balaban J connectivity index is 1.22. The summed E-state index contributed by atoms with van der Waals surface area (Å²) in [6.07, 6.45) is 6.03. The van der Waals surface area contributed by atoms with Crippen molar-refractivity contribution in [3.63, 3.8) is 0 Å². The van der Waals surface area contributed by atoms with Crippen LogP contribution in [0.5, 0.6) is 0 Å². The molecule has 0 spiro atoms. The number of benzene rings is 1. The summed E-state index contributed by atoms with van der Waals surface area (Å²) in [6.45, 7) is 2.23. The third-order valence-corrected chi connectivity index (χ3v) is 6.06.